The van der Waals surface area contributed by atoms with Crippen molar-refractivity contribution < 1.29 is 14.3 Å². The van der Waals surface area contributed by atoms with Crippen molar-refractivity contribution in [3.05, 3.63) is 61.8 Å². The Morgan fingerprint density at radius 1 is 1.32 bits per heavy atom. The molecule has 2 heterocycles. The summed E-state index contributed by atoms with van der Waals surface area (Å²) in [5.41, 5.74) is 1.67. The van der Waals surface area contributed by atoms with Crippen molar-refractivity contribution in [1.82, 2.24) is 9.47 Å². The summed E-state index contributed by atoms with van der Waals surface area (Å²) in [6, 6.07) is 4.29. The third-order valence-corrected chi connectivity index (χ3v) is 4.91. The highest BCUT2D eigenvalue weighted by atomic mass is 35.5. The molecule has 0 saturated carbocycles. The van der Waals surface area contributed by atoms with E-state index in [1.54, 1.807) is 13.1 Å². The smallest absolute Gasteiger partial charge is 0.293 e. The monoisotopic (exact) mass is 364 g/mol. The molecule has 0 radical (unpaired) electrons. The molecule has 1 aromatic heterocycles. The summed E-state index contributed by atoms with van der Waals surface area (Å²) in [6.45, 7) is 2.59. The fourth-order valence-electron chi connectivity index (χ4n) is 3.34. The van der Waals surface area contributed by atoms with Gasteiger partial charge in [0.2, 0.25) is 0 Å². The van der Waals surface area contributed by atoms with E-state index in [1.165, 1.54) is 21.6 Å². The Balaban J connectivity index is 2.00. The average Bonchev–Trinajstić information content (AvgIpc) is 2.59. The number of aromatic hydroxyl groups is 1. The first-order valence-electron chi connectivity index (χ1n) is 8.02. The van der Waals surface area contributed by atoms with E-state index in [2.05, 4.69) is 0 Å². The zero-order valence-corrected chi connectivity index (χ0v) is 14.7. The lowest BCUT2D eigenvalue weighted by atomic mass is 9.95. The lowest BCUT2D eigenvalue weighted by Gasteiger charge is -2.31. The Hall–Kier alpha value is -2.34. The van der Waals surface area contributed by atoms with E-state index in [0.717, 1.165) is 11.3 Å². The molecular weight excluding hydrogens is 347 g/mol. The van der Waals surface area contributed by atoms with Crippen LogP contribution in [-0.4, -0.2) is 27.0 Å². The molecule has 7 heteroatoms. The van der Waals surface area contributed by atoms with Crippen molar-refractivity contribution >= 4 is 17.5 Å². The van der Waals surface area contributed by atoms with Gasteiger partial charge in [0.15, 0.2) is 5.75 Å². The minimum absolute atomic E-state index is 0.00709. The van der Waals surface area contributed by atoms with E-state index in [-0.39, 0.29) is 17.1 Å². The summed E-state index contributed by atoms with van der Waals surface area (Å²) < 4.78 is 14.7. The summed E-state index contributed by atoms with van der Waals surface area (Å²) in [7, 11) is 1.60. The maximum absolute atomic E-state index is 13.3. The SMILES string of the molecule is CCc1c2c(c(O)c(=O)n1C)C(=O)N(Cc1ccc(F)c(Cl)c1)CC2. The predicted molar refractivity (Wildman–Crippen MR) is 92.6 cm³/mol. The third-order valence-electron chi connectivity index (χ3n) is 4.62. The number of amides is 1. The molecule has 132 valence electrons. The minimum atomic E-state index is -0.573. The summed E-state index contributed by atoms with van der Waals surface area (Å²) >= 11 is 5.79. The van der Waals surface area contributed by atoms with Gasteiger partial charge in [0.25, 0.3) is 11.5 Å². The molecule has 1 aliphatic rings. The summed E-state index contributed by atoms with van der Waals surface area (Å²) in [6.07, 6.45) is 1.13. The first kappa shape index (κ1) is 17.5. The molecular formula is C18H18ClFN2O3. The van der Waals surface area contributed by atoms with Crippen molar-refractivity contribution in [2.45, 2.75) is 26.3 Å². The van der Waals surface area contributed by atoms with Gasteiger partial charge in [-0.2, -0.15) is 0 Å². The molecule has 0 saturated heterocycles. The molecule has 0 bridgehead atoms. The van der Waals surface area contributed by atoms with Crippen LogP contribution in [0.2, 0.25) is 5.02 Å². The number of aromatic nitrogens is 1. The van der Waals surface area contributed by atoms with Crippen LogP contribution in [-0.2, 0) is 26.4 Å². The minimum Gasteiger partial charge on any atom is -0.502 e. The number of fused-ring (bicyclic) bond motifs is 1. The van der Waals surface area contributed by atoms with E-state index < -0.39 is 23.0 Å². The van der Waals surface area contributed by atoms with Gasteiger partial charge in [0, 0.05) is 25.8 Å². The van der Waals surface area contributed by atoms with E-state index >= 15 is 0 Å². The number of carbonyl (C=O) groups excluding carboxylic acids is 1. The van der Waals surface area contributed by atoms with Crippen LogP contribution in [0.4, 0.5) is 4.39 Å². The Labute approximate surface area is 149 Å². The normalized spacial score (nSPS) is 13.9. The molecule has 0 atom stereocenters. The summed E-state index contributed by atoms with van der Waals surface area (Å²) in [4.78, 5) is 26.6. The molecule has 0 unspecified atom stereocenters. The molecule has 1 aliphatic heterocycles. The van der Waals surface area contributed by atoms with Crippen LogP contribution in [0.5, 0.6) is 5.75 Å². The summed E-state index contributed by atoms with van der Waals surface area (Å²) in [5.74, 6) is -1.43. The van der Waals surface area contributed by atoms with Crippen LogP contribution in [0.25, 0.3) is 0 Å². The van der Waals surface area contributed by atoms with Crippen molar-refractivity contribution in [2.24, 2.45) is 7.05 Å². The molecule has 5 nitrogen and oxygen atoms in total. The molecule has 0 spiro atoms. The maximum atomic E-state index is 13.3. The van der Waals surface area contributed by atoms with Crippen LogP contribution < -0.4 is 5.56 Å². The molecule has 0 fully saturated rings. The standard InChI is InChI=1S/C18H18ClFN2O3/c1-3-14-11-6-7-22(9-10-4-5-13(20)12(19)8-10)17(24)15(11)16(23)18(25)21(14)2/h4-5,8,23H,3,6-7,9H2,1-2H3. The molecule has 2 aromatic rings. The number of pyridine rings is 1. The second-order valence-corrected chi connectivity index (χ2v) is 6.50. The average molecular weight is 365 g/mol. The van der Waals surface area contributed by atoms with Gasteiger partial charge >= 0.3 is 0 Å². The number of nitrogens with zero attached hydrogens (tertiary/aromatic N) is 2. The van der Waals surface area contributed by atoms with Crippen LogP contribution in [0.15, 0.2) is 23.0 Å². The van der Waals surface area contributed by atoms with Crippen LogP contribution >= 0.6 is 11.6 Å². The van der Waals surface area contributed by atoms with Crippen LogP contribution in [0, 0.1) is 5.82 Å². The zero-order chi connectivity index (χ0) is 18.3. The maximum Gasteiger partial charge on any atom is 0.293 e. The number of benzene rings is 1. The van der Waals surface area contributed by atoms with Crippen molar-refractivity contribution in [2.75, 3.05) is 6.54 Å². The molecule has 3 rings (SSSR count). The topological polar surface area (TPSA) is 62.5 Å². The van der Waals surface area contributed by atoms with Gasteiger partial charge in [-0.25, -0.2) is 4.39 Å². The van der Waals surface area contributed by atoms with Gasteiger partial charge in [-0.15, -0.1) is 0 Å². The first-order valence-corrected chi connectivity index (χ1v) is 8.39. The number of hydrogen-bond acceptors (Lipinski definition) is 3. The lowest BCUT2D eigenvalue weighted by Crippen LogP contribution is -2.40. The van der Waals surface area contributed by atoms with Gasteiger partial charge in [-0.3, -0.25) is 9.59 Å². The lowest BCUT2D eigenvalue weighted by molar-refractivity contribution is 0.0721. The molecule has 1 amide bonds. The second-order valence-electron chi connectivity index (χ2n) is 6.09. The number of carbonyl (C=O) groups is 1. The van der Waals surface area contributed by atoms with Crippen molar-refractivity contribution in [3.8, 4) is 5.75 Å². The third kappa shape index (κ3) is 2.91. The fraction of sp³-hybridized carbons (Fsp3) is 0.333. The van der Waals surface area contributed by atoms with Gasteiger partial charge in [-0.1, -0.05) is 24.6 Å². The molecule has 0 aliphatic carbocycles. The number of rotatable bonds is 3. The largest absolute Gasteiger partial charge is 0.502 e. The highest BCUT2D eigenvalue weighted by Crippen LogP contribution is 2.29. The van der Waals surface area contributed by atoms with Crippen molar-refractivity contribution in [3.63, 3.8) is 0 Å². The van der Waals surface area contributed by atoms with Crippen LogP contribution in [0.1, 0.15) is 34.1 Å². The van der Waals surface area contributed by atoms with Crippen LogP contribution in [0.3, 0.4) is 0 Å². The first-order chi connectivity index (χ1) is 11.8. The summed E-state index contributed by atoms with van der Waals surface area (Å²) in [5, 5.41) is 10.2. The quantitative estimate of drug-likeness (QED) is 0.910. The van der Waals surface area contributed by atoms with Gasteiger partial charge < -0.3 is 14.6 Å². The number of hydrogen-bond donors (Lipinski definition) is 1. The van der Waals surface area contributed by atoms with E-state index in [0.29, 0.717) is 24.9 Å². The van der Waals surface area contributed by atoms with Gasteiger partial charge in [-0.05, 0) is 36.1 Å². The molecule has 25 heavy (non-hydrogen) atoms. The Bertz CT molecular complexity index is 924. The van der Waals surface area contributed by atoms with Gasteiger partial charge in [0.1, 0.15) is 5.82 Å². The fourth-order valence-corrected chi connectivity index (χ4v) is 3.55. The predicted octanol–water partition coefficient (Wildman–Crippen LogP) is 2.64. The van der Waals surface area contributed by atoms with E-state index in [9.17, 15) is 19.1 Å². The van der Waals surface area contributed by atoms with E-state index in [1.807, 2.05) is 6.92 Å². The zero-order valence-electron chi connectivity index (χ0n) is 14.0. The van der Waals surface area contributed by atoms with E-state index in [4.69, 9.17) is 11.6 Å². The highest BCUT2D eigenvalue weighted by Gasteiger charge is 2.31. The number of halogens is 2. The van der Waals surface area contributed by atoms with Gasteiger partial charge in [0.05, 0.1) is 10.6 Å². The molecule has 1 aromatic carbocycles. The Morgan fingerprint density at radius 2 is 2.04 bits per heavy atom. The highest BCUT2D eigenvalue weighted by molar-refractivity contribution is 6.30. The Kier molecular flexibility index (Phi) is 4.56. The molecule has 1 N–H and O–H groups in total. The Morgan fingerprint density at radius 3 is 2.68 bits per heavy atom. The van der Waals surface area contributed by atoms with Crippen molar-refractivity contribution in [1.29, 1.82) is 0 Å². The second kappa shape index (κ2) is 6.52.